The highest BCUT2D eigenvalue weighted by Crippen LogP contribution is 2.23. The van der Waals surface area contributed by atoms with E-state index >= 15 is 0 Å². The van der Waals surface area contributed by atoms with Crippen molar-refractivity contribution < 1.29 is 14.8 Å². The van der Waals surface area contributed by atoms with E-state index in [1.54, 1.807) is 6.92 Å². The van der Waals surface area contributed by atoms with Crippen LogP contribution in [0.15, 0.2) is 72.8 Å². The van der Waals surface area contributed by atoms with E-state index in [0.29, 0.717) is 5.69 Å². The Balaban J connectivity index is 1.73. The van der Waals surface area contributed by atoms with Gasteiger partial charge in [0.25, 0.3) is 11.6 Å². The summed E-state index contributed by atoms with van der Waals surface area (Å²) >= 11 is 0. The molecule has 0 fully saturated rings. The Bertz CT molecular complexity index is 1020. The number of benzene rings is 3. The van der Waals surface area contributed by atoms with Crippen LogP contribution in [0.25, 0.3) is 11.1 Å². The number of hydrogen-bond acceptors (Lipinski definition) is 5. The van der Waals surface area contributed by atoms with E-state index in [9.17, 15) is 20.0 Å². The van der Waals surface area contributed by atoms with Gasteiger partial charge in [-0.25, -0.2) is 0 Å². The third kappa shape index (κ3) is 5.21. The van der Waals surface area contributed by atoms with Crippen LogP contribution in [0.5, 0.6) is 0 Å². The minimum atomic E-state index is -0.543. The quantitative estimate of drug-likeness (QED) is 0.388. The minimum Gasteiger partial charge on any atom is -0.394 e. The van der Waals surface area contributed by atoms with E-state index in [1.807, 2.05) is 54.6 Å². The zero-order valence-corrected chi connectivity index (χ0v) is 16.5. The Morgan fingerprint density at radius 2 is 1.70 bits per heavy atom. The molecule has 0 bridgehead atoms. The van der Waals surface area contributed by atoms with Gasteiger partial charge in [0, 0.05) is 30.4 Å². The number of anilines is 1. The molecule has 154 valence electrons. The maximum atomic E-state index is 12.7. The summed E-state index contributed by atoms with van der Waals surface area (Å²) in [6.07, 6.45) is 0. The van der Waals surface area contributed by atoms with Gasteiger partial charge in [0.1, 0.15) is 0 Å². The number of aliphatic hydroxyl groups excluding tert-OH is 1. The van der Waals surface area contributed by atoms with Crippen LogP contribution in [-0.2, 0) is 6.54 Å². The van der Waals surface area contributed by atoms with Crippen LogP contribution in [0.3, 0.4) is 0 Å². The number of aliphatic hydroxyl groups is 1. The second kappa shape index (κ2) is 9.67. The summed E-state index contributed by atoms with van der Waals surface area (Å²) in [6, 6.07) is 21.6. The van der Waals surface area contributed by atoms with Crippen LogP contribution >= 0.6 is 0 Å². The summed E-state index contributed by atoms with van der Waals surface area (Å²) in [6.45, 7) is 1.90. The number of carbonyl (C=O) groups is 1. The summed E-state index contributed by atoms with van der Waals surface area (Å²) in [5.41, 5.74) is 3.51. The topological polar surface area (TPSA) is 104 Å². The fourth-order valence-corrected chi connectivity index (χ4v) is 2.99. The minimum absolute atomic E-state index is 0.133. The normalized spacial score (nSPS) is 11.5. The average Bonchev–Trinajstić information content (AvgIpc) is 2.78. The third-order valence-corrected chi connectivity index (χ3v) is 4.65. The summed E-state index contributed by atoms with van der Waals surface area (Å²) in [4.78, 5) is 23.3. The highest BCUT2D eigenvalue weighted by molar-refractivity contribution is 6.00. The van der Waals surface area contributed by atoms with E-state index in [0.717, 1.165) is 16.7 Å². The molecule has 0 aliphatic carbocycles. The first-order chi connectivity index (χ1) is 14.5. The number of nitrogens with zero attached hydrogens (tertiary/aromatic N) is 1. The Kier molecular flexibility index (Phi) is 6.77. The maximum Gasteiger partial charge on any atom is 0.270 e. The Labute approximate surface area is 174 Å². The molecule has 3 rings (SSSR count). The molecular formula is C23H23N3O4. The standard InChI is InChI=1S/C23H23N3O4/c1-16(15-27)25-22-12-11-20(26(29)30)13-21(22)23(28)24-14-17-7-9-19(10-8-17)18-5-3-2-4-6-18/h2-13,16,25,27H,14-15H2,1H3,(H,24,28)/t16-/m1/s1. The largest absolute Gasteiger partial charge is 0.394 e. The summed E-state index contributed by atoms with van der Waals surface area (Å²) in [5, 5.41) is 26.2. The third-order valence-electron chi connectivity index (χ3n) is 4.65. The van der Waals surface area contributed by atoms with Gasteiger partial charge in [0.15, 0.2) is 0 Å². The number of nitro groups is 1. The lowest BCUT2D eigenvalue weighted by Crippen LogP contribution is -2.26. The average molecular weight is 405 g/mol. The SMILES string of the molecule is C[C@H](CO)Nc1ccc([N+](=O)[O-])cc1C(=O)NCc1ccc(-c2ccccc2)cc1. The van der Waals surface area contributed by atoms with Crippen molar-refractivity contribution in [3.63, 3.8) is 0 Å². The molecule has 0 heterocycles. The van der Waals surface area contributed by atoms with E-state index in [4.69, 9.17) is 0 Å². The van der Waals surface area contributed by atoms with Crippen LogP contribution in [0.2, 0.25) is 0 Å². The summed E-state index contributed by atoms with van der Waals surface area (Å²) in [7, 11) is 0. The molecule has 1 amide bonds. The molecule has 7 heteroatoms. The number of non-ortho nitro benzene ring substituents is 1. The molecule has 0 aromatic heterocycles. The maximum absolute atomic E-state index is 12.7. The molecule has 0 saturated carbocycles. The van der Waals surface area contributed by atoms with Crippen LogP contribution in [0, 0.1) is 10.1 Å². The van der Waals surface area contributed by atoms with Crippen molar-refractivity contribution in [2.24, 2.45) is 0 Å². The van der Waals surface area contributed by atoms with E-state index < -0.39 is 10.8 Å². The van der Waals surface area contributed by atoms with E-state index in [-0.39, 0.29) is 30.4 Å². The molecule has 30 heavy (non-hydrogen) atoms. The number of amides is 1. The summed E-state index contributed by atoms with van der Waals surface area (Å²) < 4.78 is 0. The lowest BCUT2D eigenvalue weighted by Gasteiger charge is -2.16. The van der Waals surface area contributed by atoms with Gasteiger partial charge < -0.3 is 15.7 Å². The Morgan fingerprint density at radius 3 is 2.33 bits per heavy atom. The lowest BCUT2D eigenvalue weighted by molar-refractivity contribution is -0.384. The van der Waals surface area contributed by atoms with Crippen molar-refractivity contribution in [1.82, 2.24) is 5.32 Å². The number of nitrogens with one attached hydrogen (secondary N) is 2. The van der Waals surface area contributed by atoms with E-state index in [1.165, 1.54) is 18.2 Å². The second-order valence-electron chi connectivity index (χ2n) is 6.96. The first-order valence-corrected chi connectivity index (χ1v) is 9.56. The van der Waals surface area contributed by atoms with Crippen molar-refractivity contribution in [2.45, 2.75) is 19.5 Å². The zero-order valence-electron chi connectivity index (χ0n) is 16.5. The summed E-state index contributed by atoms with van der Waals surface area (Å²) in [5.74, 6) is -0.432. The molecule has 1 atom stereocenters. The van der Waals surface area contributed by atoms with Gasteiger partial charge in [-0.1, -0.05) is 54.6 Å². The zero-order chi connectivity index (χ0) is 21.5. The first-order valence-electron chi connectivity index (χ1n) is 9.56. The Morgan fingerprint density at radius 1 is 1.03 bits per heavy atom. The lowest BCUT2D eigenvalue weighted by atomic mass is 10.0. The highest BCUT2D eigenvalue weighted by atomic mass is 16.6. The molecule has 3 N–H and O–H groups in total. The van der Waals surface area contributed by atoms with Gasteiger partial charge in [-0.15, -0.1) is 0 Å². The number of hydrogen-bond donors (Lipinski definition) is 3. The molecule has 0 saturated heterocycles. The Hall–Kier alpha value is -3.71. The number of rotatable bonds is 8. The van der Waals surface area contributed by atoms with Crippen molar-refractivity contribution >= 4 is 17.3 Å². The van der Waals surface area contributed by atoms with Crippen LogP contribution < -0.4 is 10.6 Å². The molecule has 0 unspecified atom stereocenters. The predicted octanol–water partition coefficient (Wildman–Crippen LogP) is 3.98. The molecule has 7 nitrogen and oxygen atoms in total. The highest BCUT2D eigenvalue weighted by Gasteiger charge is 2.18. The predicted molar refractivity (Wildman–Crippen MR) is 116 cm³/mol. The molecule has 0 aliphatic rings. The molecule has 0 radical (unpaired) electrons. The fraction of sp³-hybridized carbons (Fsp3) is 0.174. The van der Waals surface area contributed by atoms with Gasteiger partial charge in [0.05, 0.1) is 17.1 Å². The first kappa shape index (κ1) is 21.0. The monoisotopic (exact) mass is 405 g/mol. The van der Waals surface area contributed by atoms with Crippen LogP contribution in [0.4, 0.5) is 11.4 Å². The van der Waals surface area contributed by atoms with Crippen LogP contribution in [0.1, 0.15) is 22.8 Å². The van der Waals surface area contributed by atoms with Gasteiger partial charge in [-0.05, 0) is 29.7 Å². The van der Waals surface area contributed by atoms with Crippen molar-refractivity contribution in [2.75, 3.05) is 11.9 Å². The van der Waals surface area contributed by atoms with Gasteiger partial charge in [-0.2, -0.15) is 0 Å². The van der Waals surface area contributed by atoms with Gasteiger partial charge >= 0.3 is 0 Å². The van der Waals surface area contributed by atoms with Gasteiger partial charge in [0.2, 0.25) is 0 Å². The smallest absolute Gasteiger partial charge is 0.270 e. The van der Waals surface area contributed by atoms with E-state index in [2.05, 4.69) is 10.6 Å². The van der Waals surface area contributed by atoms with Crippen molar-refractivity contribution in [3.05, 3.63) is 94.0 Å². The molecular weight excluding hydrogens is 382 g/mol. The number of nitro benzene ring substituents is 1. The molecule has 3 aromatic carbocycles. The van der Waals surface area contributed by atoms with Crippen molar-refractivity contribution in [3.8, 4) is 11.1 Å². The van der Waals surface area contributed by atoms with Crippen molar-refractivity contribution in [1.29, 1.82) is 0 Å². The second-order valence-corrected chi connectivity index (χ2v) is 6.96. The number of carbonyl (C=O) groups excluding carboxylic acids is 1. The molecule has 0 spiro atoms. The molecule has 3 aromatic rings. The fourth-order valence-electron chi connectivity index (χ4n) is 2.99. The van der Waals surface area contributed by atoms with Crippen LogP contribution in [-0.4, -0.2) is 28.6 Å². The molecule has 0 aliphatic heterocycles. The van der Waals surface area contributed by atoms with Gasteiger partial charge in [-0.3, -0.25) is 14.9 Å².